The maximum Gasteiger partial charge on any atom is 0.0635 e. The largest absolute Gasteiger partial charge is 0.313 e. The van der Waals surface area contributed by atoms with Crippen LogP contribution in [0, 0.1) is 34.5 Å². The van der Waals surface area contributed by atoms with Crippen molar-refractivity contribution in [3.8, 4) is 12.1 Å². The third kappa shape index (κ3) is 6.90. The van der Waals surface area contributed by atoms with Crippen LogP contribution in [0.15, 0.2) is 0 Å². The summed E-state index contributed by atoms with van der Waals surface area (Å²) in [6.45, 7) is 1.71. The number of rotatable bonds is 8. The van der Waals surface area contributed by atoms with Crippen LogP contribution in [0.1, 0.15) is 70.6 Å². The molecular formula is C19H32N4. The highest BCUT2D eigenvalue weighted by Gasteiger charge is 2.26. The lowest BCUT2D eigenvalue weighted by Gasteiger charge is -2.34. The van der Waals surface area contributed by atoms with Gasteiger partial charge in [-0.05, 0) is 69.6 Å². The van der Waals surface area contributed by atoms with Crippen molar-refractivity contribution in [1.29, 1.82) is 10.5 Å². The normalized spacial score (nSPS) is 31.2. The second-order valence-electron chi connectivity index (χ2n) is 7.40. The molecule has 0 aromatic heterocycles. The summed E-state index contributed by atoms with van der Waals surface area (Å²) in [5.41, 5.74) is 0. The van der Waals surface area contributed by atoms with Gasteiger partial charge >= 0.3 is 0 Å². The minimum absolute atomic E-state index is 0.631. The summed E-state index contributed by atoms with van der Waals surface area (Å²) in [6, 6.07) is 5.72. The molecule has 0 saturated heterocycles. The second-order valence-corrected chi connectivity index (χ2v) is 7.40. The average Bonchev–Trinajstić information content (AvgIpc) is 2.58. The van der Waals surface area contributed by atoms with Gasteiger partial charge in [0.1, 0.15) is 0 Å². The highest BCUT2D eigenvalue weighted by molar-refractivity contribution is 4.83. The molecule has 2 aliphatic rings. The molecule has 2 N–H and O–H groups in total. The van der Waals surface area contributed by atoms with Crippen molar-refractivity contribution >= 4 is 0 Å². The Morgan fingerprint density at radius 1 is 0.652 bits per heavy atom. The van der Waals surface area contributed by atoms with E-state index in [1.807, 2.05) is 0 Å². The highest BCUT2D eigenvalue weighted by atomic mass is 14.9. The van der Waals surface area contributed by atoms with Crippen molar-refractivity contribution in [2.24, 2.45) is 11.8 Å². The minimum Gasteiger partial charge on any atom is -0.313 e. The van der Waals surface area contributed by atoms with Crippen LogP contribution in [-0.4, -0.2) is 25.2 Å². The standard InChI is InChI=1S/C19H32N4/c20-11-1-13-22-18-7-3-16(4-8-18)15-17-5-9-19(10-6-17)23-14-2-12-21/h16-19,22-23H,1-10,13-15H2. The van der Waals surface area contributed by atoms with Crippen LogP contribution in [0.2, 0.25) is 0 Å². The van der Waals surface area contributed by atoms with E-state index in [-0.39, 0.29) is 0 Å². The van der Waals surface area contributed by atoms with Crippen molar-refractivity contribution in [2.45, 2.75) is 82.7 Å². The Balaban J connectivity index is 1.55. The third-order valence-corrected chi connectivity index (χ3v) is 5.70. The number of nitrogens with one attached hydrogen (secondary N) is 2. The molecule has 0 spiro atoms. The molecule has 2 fully saturated rings. The highest BCUT2D eigenvalue weighted by Crippen LogP contribution is 2.35. The third-order valence-electron chi connectivity index (χ3n) is 5.70. The van der Waals surface area contributed by atoms with E-state index in [1.54, 1.807) is 0 Å². The predicted molar refractivity (Wildman–Crippen MR) is 92.6 cm³/mol. The van der Waals surface area contributed by atoms with Crippen LogP contribution >= 0.6 is 0 Å². The lowest BCUT2D eigenvalue weighted by atomic mass is 9.75. The van der Waals surface area contributed by atoms with Crippen LogP contribution in [0.4, 0.5) is 0 Å². The van der Waals surface area contributed by atoms with E-state index in [0.717, 1.165) is 24.9 Å². The zero-order valence-electron chi connectivity index (χ0n) is 14.4. The first-order valence-electron chi connectivity index (χ1n) is 9.52. The Hall–Kier alpha value is -1.10. The lowest BCUT2D eigenvalue weighted by Crippen LogP contribution is -2.35. The molecule has 2 rings (SSSR count). The first kappa shape index (κ1) is 18.2. The quantitative estimate of drug-likeness (QED) is 0.672. The van der Waals surface area contributed by atoms with Gasteiger partial charge in [0.25, 0.3) is 0 Å². The monoisotopic (exact) mass is 316 g/mol. The molecule has 2 aliphatic carbocycles. The molecule has 0 radical (unpaired) electrons. The Morgan fingerprint density at radius 3 is 1.39 bits per heavy atom. The second kappa shape index (κ2) is 10.6. The Morgan fingerprint density at radius 2 is 1.04 bits per heavy atom. The number of nitrogens with zero attached hydrogens (tertiary/aromatic N) is 2. The molecule has 0 heterocycles. The zero-order valence-corrected chi connectivity index (χ0v) is 14.4. The van der Waals surface area contributed by atoms with Gasteiger partial charge in [0.2, 0.25) is 0 Å². The van der Waals surface area contributed by atoms with Crippen LogP contribution in [0.5, 0.6) is 0 Å². The summed E-state index contributed by atoms with van der Waals surface area (Å²) in [7, 11) is 0. The van der Waals surface area contributed by atoms with Crippen molar-refractivity contribution in [2.75, 3.05) is 13.1 Å². The smallest absolute Gasteiger partial charge is 0.0635 e. The molecule has 4 heteroatoms. The maximum absolute atomic E-state index is 8.59. The predicted octanol–water partition coefficient (Wildman–Crippen LogP) is 3.50. The van der Waals surface area contributed by atoms with E-state index in [2.05, 4.69) is 22.8 Å². The molecule has 128 valence electrons. The van der Waals surface area contributed by atoms with E-state index in [0.29, 0.717) is 24.9 Å². The van der Waals surface area contributed by atoms with Crippen molar-refractivity contribution in [1.82, 2.24) is 10.6 Å². The fourth-order valence-corrected chi connectivity index (χ4v) is 4.34. The molecule has 0 aromatic carbocycles. The van der Waals surface area contributed by atoms with E-state index < -0.39 is 0 Å². The SMILES string of the molecule is N#CCCNC1CCC(CC2CCC(NCCC#N)CC2)CC1. The molecule has 4 nitrogen and oxygen atoms in total. The van der Waals surface area contributed by atoms with Crippen LogP contribution in [0.25, 0.3) is 0 Å². The van der Waals surface area contributed by atoms with E-state index >= 15 is 0 Å². The van der Waals surface area contributed by atoms with Crippen molar-refractivity contribution in [3.63, 3.8) is 0 Å². The van der Waals surface area contributed by atoms with Gasteiger partial charge in [-0.1, -0.05) is 0 Å². The summed E-state index contributed by atoms with van der Waals surface area (Å²) in [5.74, 6) is 1.86. The molecule has 0 bridgehead atoms. The summed E-state index contributed by atoms with van der Waals surface area (Å²) in [4.78, 5) is 0. The zero-order chi connectivity index (χ0) is 16.3. The Bertz CT molecular complexity index is 355. The fraction of sp³-hybridized carbons (Fsp3) is 0.895. The van der Waals surface area contributed by atoms with E-state index in [4.69, 9.17) is 10.5 Å². The van der Waals surface area contributed by atoms with Gasteiger partial charge in [-0.15, -0.1) is 0 Å². The van der Waals surface area contributed by atoms with E-state index in [9.17, 15) is 0 Å². The summed E-state index contributed by atoms with van der Waals surface area (Å²) in [6.07, 6.45) is 13.3. The topological polar surface area (TPSA) is 71.6 Å². The van der Waals surface area contributed by atoms with Gasteiger partial charge in [0.15, 0.2) is 0 Å². The number of hydrogen-bond donors (Lipinski definition) is 2. The molecule has 0 atom stereocenters. The molecule has 0 aliphatic heterocycles. The summed E-state index contributed by atoms with van der Waals surface area (Å²) < 4.78 is 0. The van der Waals surface area contributed by atoms with Crippen LogP contribution in [-0.2, 0) is 0 Å². The Kier molecular flexibility index (Phi) is 8.43. The number of nitriles is 2. The van der Waals surface area contributed by atoms with Gasteiger partial charge in [0, 0.05) is 38.0 Å². The van der Waals surface area contributed by atoms with Crippen molar-refractivity contribution in [3.05, 3.63) is 0 Å². The van der Waals surface area contributed by atoms with E-state index in [1.165, 1.54) is 57.8 Å². The lowest BCUT2D eigenvalue weighted by molar-refractivity contribution is 0.207. The summed E-state index contributed by atoms with van der Waals surface area (Å²) in [5, 5.41) is 24.2. The van der Waals surface area contributed by atoms with Gasteiger partial charge in [-0.2, -0.15) is 10.5 Å². The molecule has 23 heavy (non-hydrogen) atoms. The first-order valence-corrected chi connectivity index (χ1v) is 9.52. The van der Waals surface area contributed by atoms with Gasteiger partial charge in [-0.3, -0.25) is 0 Å². The summed E-state index contributed by atoms with van der Waals surface area (Å²) >= 11 is 0. The average molecular weight is 316 g/mol. The van der Waals surface area contributed by atoms with Gasteiger partial charge in [-0.25, -0.2) is 0 Å². The molecule has 0 unspecified atom stereocenters. The molecule has 0 aromatic rings. The fourth-order valence-electron chi connectivity index (χ4n) is 4.34. The van der Waals surface area contributed by atoms with Gasteiger partial charge in [0.05, 0.1) is 12.1 Å². The molecule has 0 amide bonds. The molecule has 2 saturated carbocycles. The van der Waals surface area contributed by atoms with Crippen LogP contribution < -0.4 is 10.6 Å². The maximum atomic E-state index is 8.59. The first-order chi connectivity index (χ1) is 11.3. The van der Waals surface area contributed by atoms with Gasteiger partial charge < -0.3 is 10.6 Å². The van der Waals surface area contributed by atoms with Crippen LogP contribution in [0.3, 0.4) is 0 Å². The minimum atomic E-state index is 0.631. The van der Waals surface area contributed by atoms with Crippen molar-refractivity contribution < 1.29 is 0 Å². The molecular weight excluding hydrogens is 284 g/mol. The number of hydrogen-bond acceptors (Lipinski definition) is 4. The Labute approximate surface area is 141 Å².